The zero-order valence-corrected chi connectivity index (χ0v) is 16.2. The minimum absolute atomic E-state index is 0.0870. The summed E-state index contributed by atoms with van der Waals surface area (Å²) in [6, 6.07) is 15.3. The van der Waals surface area contributed by atoms with Gasteiger partial charge in [-0.1, -0.05) is 19.1 Å². The van der Waals surface area contributed by atoms with Crippen LogP contribution in [0.3, 0.4) is 0 Å². The molecule has 0 aliphatic carbocycles. The van der Waals surface area contributed by atoms with E-state index in [0.29, 0.717) is 23.2 Å². The molecular weight excluding hydrogens is 334 g/mol. The lowest BCUT2D eigenvalue weighted by atomic mass is 9.89. The summed E-state index contributed by atoms with van der Waals surface area (Å²) < 4.78 is 0. The fourth-order valence-corrected chi connectivity index (χ4v) is 2.94. The maximum Gasteiger partial charge on any atom is 0.247 e. The van der Waals surface area contributed by atoms with Crippen molar-refractivity contribution in [3.63, 3.8) is 0 Å². The van der Waals surface area contributed by atoms with Crippen LogP contribution in [0.2, 0.25) is 0 Å². The first kappa shape index (κ1) is 19.9. The molecule has 0 aliphatic heterocycles. The van der Waals surface area contributed by atoms with E-state index in [0.717, 1.165) is 34.2 Å². The largest absolute Gasteiger partial charge is 0.352 e. The van der Waals surface area contributed by atoms with Crippen LogP contribution < -0.4 is 5.32 Å². The molecule has 2 aromatic carbocycles. The number of rotatable bonds is 5. The maximum atomic E-state index is 12.3. The Balaban J connectivity index is 2.59. The van der Waals surface area contributed by atoms with E-state index in [9.17, 15) is 10.1 Å². The highest BCUT2D eigenvalue weighted by atomic mass is 16.1. The molecular formula is C23H23N3O. The fourth-order valence-electron chi connectivity index (χ4n) is 2.94. The second kappa shape index (κ2) is 8.83. The molecule has 0 bridgehead atoms. The van der Waals surface area contributed by atoms with Gasteiger partial charge in [-0.2, -0.15) is 10.5 Å². The van der Waals surface area contributed by atoms with Gasteiger partial charge in [0.2, 0.25) is 5.91 Å². The van der Waals surface area contributed by atoms with Gasteiger partial charge in [0.05, 0.1) is 23.3 Å². The van der Waals surface area contributed by atoms with Gasteiger partial charge in [0.15, 0.2) is 0 Å². The van der Waals surface area contributed by atoms with Gasteiger partial charge in [0.1, 0.15) is 0 Å². The van der Waals surface area contributed by atoms with Crippen molar-refractivity contribution >= 4 is 11.5 Å². The summed E-state index contributed by atoms with van der Waals surface area (Å²) >= 11 is 0. The Labute approximate surface area is 160 Å². The van der Waals surface area contributed by atoms with E-state index >= 15 is 0 Å². The molecule has 0 radical (unpaired) electrons. The summed E-state index contributed by atoms with van der Waals surface area (Å²) in [5.41, 5.74) is 6.38. The summed E-state index contributed by atoms with van der Waals surface area (Å²) in [7, 11) is 0. The van der Waals surface area contributed by atoms with Crippen LogP contribution >= 0.6 is 0 Å². The first-order valence-electron chi connectivity index (χ1n) is 8.94. The molecule has 0 aromatic heterocycles. The van der Waals surface area contributed by atoms with E-state index < -0.39 is 0 Å². The number of nitrogens with zero attached hydrogens (tertiary/aromatic N) is 2. The number of amides is 1. The lowest BCUT2D eigenvalue weighted by Crippen LogP contribution is -2.25. The standard InChI is InChI=1S/C23H23N3O/c1-5-10-26-23(27)16(3)15(2)21-11-19(14-25)12-22(17(21)4)20-8-6-18(13-24)7-9-20/h6-9,11-12H,5,10H2,1-4H3,(H,26,27)/b16-15+. The Hall–Kier alpha value is -3.37. The van der Waals surface area contributed by atoms with E-state index in [1.807, 2.05) is 45.0 Å². The van der Waals surface area contributed by atoms with Crippen molar-refractivity contribution < 1.29 is 4.79 Å². The summed E-state index contributed by atoms with van der Waals surface area (Å²) in [6.45, 7) is 8.35. The van der Waals surface area contributed by atoms with Gasteiger partial charge in [0.25, 0.3) is 0 Å². The van der Waals surface area contributed by atoms with Crippen molar-refractivity contribution in [2.75, 3.05) is 6.54 Å². The van der Waals surface area contributed by atoms with E-state index in [1.54, 1.807) is 19.1 Å². The average molecular weight is 357 g/mol. The van der Waals surface area contributed by atoms with Crippen LogP contribution in [0.15, 0.2) is 42.0 Å². The van der Waals surface area contributed by atoms with Crippen molar-refractivity contribution in [3.8, 4) is 23.3 Å². The molecule has 4 heteroatoms. The summed E-state index contributed by atoms with van der Waals surface area (Å²) in [5.74, 6) is -0.0870. The van der Waals surface area contributed by atoms with Crippen LogP contribution in [0.4, 0.5) is 0 Å². The second-order valence-corrected chi connectivity index (χ2v) is 6.50. The second-order valence-electron chi connectivity index (χ2n) is 6.50. The lowest BCUT2D eigenvalue weighted by Gasteiger charge is -2.16. The molecule has 0 fully saturated rings. The van der Waals surface area contributed by atoms with Crippen molar-refractivity contribution in [1.82, 2.24) is 5.32 Å². The third-order valence-corrected chi connectivity index (χ3v) is 4.70. The number of benzene rings is 2. The van der Waals surface area contributed by atoms with Gasteiger partial charge in [-0.15, -0.1) is 0 Å². The van der Waals surface area contributed by atoms with Crippen LogP contribution in [-0.4, -0.2) is 12.5 Å². The van der Waals surface area contributed by atoms with Gasteiger partial charge < -0.3 is 5.32 Å². The first-order valence-corrected chi connectivity index (χ1v) is 8.94. The molecule has 0 spiro atoms. The SMILES string of the molecule is CCCNC(=O)/C(C)=C(\C)c1cc(C#N)cc(-c2ccc(C#N)cc2)c1C. The first-order chi connectivity index (χ1) is 12.9. The highest BCUT2D eigenvalue weighted by molar-refractivity contribution is 6.01. The molecule has 1 N–H and O–H groups in total. The zero-order chi connectivity index (χ0) is 20.0. The van der Waals surface area contributed by atoms with Crippen LogP contribution in [0.5, 0.6) is 0 Å². The molecule has 0 saturated carbocycles. The van der Waals surface area contributed by atoms with E-state index in [-0.39, 0.29) is 5.91 Å². The molecule has 2 rings (SSSR count). The summed E-state index contributed by atoms with van der Waals surface area (Å²) in [6.07, 6.45) is 0.879. The normalized spacial score (nSPS) is 11.2. The predicted molar refractivity (Wildman–Crippen MR) is 108 cm³/mol. The number of hydrogen-bond acceptors (Lipinski definition) is 3. The maximum absolute atomic E-state index is 12.3. The Morgan fingerprint density at radius 1 is 1.04 bits per heavy atom. The summed E-state index contributed by atoms with van der Waals surface area (Å²) in [5, 5.41) is 21.4. The quantitative estimate of drug-likeness (QED) is 0.786. The molecule has 136 valence electrons. The van der Waals surface area contributed by atoms with Gasteiger partial charge in [0, 0.05) is 12.1 Å². The van der Waals surface area contributed by atoms with Gasteiger partial charge in [-0.05, 0) is 79.3 Å². The monoisotopic (exact) mass is 357 g/mol. The van der Waals surface area contributed by atoms with Gasteiger partial charge in [-0.25, -0.2) is 0 Å². The van der Waals surface area contributed by atoms with Crippen molar-refractivity contribution in [1.29, 1.82) is 10.5 Å². The van der Waals surface area contributed by atoms with Gasteiger partial charge in [-0.3, -0.25) is 4.79 Å². The van der Waals surface area contributed by atoms with E-state index in [4.69, 9.17) is 5.26 Å². The van der Waals surface area contributed by atoms with Crippen LogP contribution in [0.25, 0.3) is 16.7 Å². The molecule has 2 aromatic rings. The molecule has 0 aliphatic rings. The molecule has 0 heterocycles. The smallest absolute Gasteiger partial charge is 0.247 e. The number of hydrogen-bond donors (Lipinski definition) is 1. The number of nitriles is 2. The number of nitrogens with one attached hydrogen (secondary N) is 1. The topological polar surface area (TPSA) is 76.7 Å². The Morgan fingerprint density at radius 3 is 2.22 bits per heavy atom. The van der Waals surface area contributed by atoms with Crippen LogP contribution in [-0.2, 0) is 4.79 Å². The Bertz CT molecular complexity index is 970. The van der Waals surface area contributed by atoms with Gasteiger partial charge >= 0.3 is 0 Å². The summed E-state index contributed by atoms with van der Waals surface area (Å²) in [4.78, 5) is 12.3. The highest BCUT2D eigenvalue weighted by Gasteiger charge is 2.15. The molecule has 1 amide bonds. The van der Waals surface area contributed by atoms with Crippen molar-refractivity contribution in [2.24, 2.45) is 0 Å². The minimum Gasteiger partial charge on any atom is -0.352 e. The number of carbonyl (C=O) groups excluding carboxylic acids is 1. The van der Waals surface area contributed by atoms with E-state index in [2.05, 4.69) is 17.5 Å². The average Bonchev–Trinajstić information content (AvgIpc) is 2.71. The van der Waals surface area contributed by atoms with Crippen LogP contribution in [0, 0.1) is 29.6 Å². The molecule has 0 atom stereocenters. The predicted octanol–water partition coefficient (Wildman–Crippen LogP) is 4.72. The van der Waals surface area contributed by atoms with Crippen LogP contribution in [0.1, 0.15) is 49.4 Å². The zero-order valence-electron chi connectivity index (χ0n) is 16.2. The lowest BCUT2D eigenvalue weighted by molar-refractivity contribution is -0.117. The minimum atomic E-state index is -0.0870. The molecule has 27 heavy (non-hydrogen) atoms. The highest BCUT2D eigenvalue weighted by Crippen LogP contribution is 2.32. The third kappa shape index (κ3) is 4.43. The Kier molecular flexibility index (Phi) is 6.52. The number of allylic oxidation sites excluding steroid dienone is 1. The third-order valence-electron chi connectivity index (χ3n) is 4.70. The Morgan fingerprint density at radius 2 is 1.67 bits per heavy atom. The molecule has 0 saturated heterocycles. The molecule has 4 nitrogen and oxygen atoms in total. The van der Waals surface area contributed by atoms with E-state index in [1.165, 1.54) is 0 Å². The molecule has 0 unspecified atom stereocenters. The fraction of sp³-hybridized carbons (Fsp3) is 0.261. The van der Waals surface area contributed by atoms with Crippen molar-refractivity contribution in [3.05, 3.63) is 64.2 Å². The van der Waals surface area contributed by atoms with Crippen molar-refractivity contribution in [2.45, 2.75) is 34.1 Å². The number of carbonyl (C=O) groups is 1.